The van der Waals surface area contributed by atoms with Gasteiger partial charge in [-0.25, -0.2) is 9.78 Å². The summed E-state index contributed by atoms with van der Waals surface area (Å²) >= 11 is 6.15. The van der Waals surface area contributed by atoms with Gasteiger partial charge in [-0.05, 0) is 48.0 Å². The van der Waals surface area contributed by atoms with Gasteiger partial charge in [0.1, 0.15) is 18.4 Å². The van der Waals surface area contributed by atoms with Crippen molar-refractivity contribution in [2.75, 3.05) is 6.61 Å². The maximum absolute atomic E-state index is 12.9. The molecule has 166 valence electrons. The Kier molecular flexibility index (Phi) is 6.26. The lowest BCUT2D eigenvalue weighted by molar-refractivity contribution is 0.0697. The lowest BCUT2D eigenvalue weighted by Crippen LogP contribution is -2.24. The summed E-state index contributed by atoms with van der Waals surface area (Å²) in [6, 6.07) is 18.1. The molecule has 0 unspecified atom stereocenters. The van der Waals surface area contributed by atoms with Crippen molar-refractivity contribution >= 4 is 28.5 Å². The molecule has 4 rings (SSSR count). The van der Waals surface area contributed by atoms with Crippen LogP contribution in [-0.4, -0.2) is 27.2 Å². The van der Waals surface area contributed by atoms with Gasteiger partial charge in [-0.1, -0.05) is 23.7 Å². The summed E-state index contributed by atoms with van der Waals surface area (Å²) in [5.41, 5.74) is 1.55. The molecule has 4 aromatic rings. The van der Waals surface area contributed by atoms with Gasteiger partial charge in [0.05, 0.1) is 46.5 Å². The van der Waals surface area contributed by atoms with Gasteiger partial charge >= 0.3 is 5.97 Å². The van der Waals surface area contributed by atoms with Crippen molar-refractivity contribution in [2.24, 2.45) is 0 Å². The van der Waals surface area contributed by atoms with Crippen LogP contribution < -0.4 is 10.3 Å². The highest BCUT2D eigenvalue weighted by Gasteiger charge is 2.13. The maximum atomic E-state index is 12.9. The molecule has 0 bridgehead atoms. The summed E-state index contributed by atoms with van der Waals surface area (Å²) in [5.74, 6) is -0.585. The van der Waals surface area contributed by atoms with E-state index in [-0.39, 0.29) is 40.7 Å². The first-order chi connectivity index (χ1) is 16.4. The lowest BCUT2D eigenvalue weighted by atomic mass is 10.0. The first kappa shape index (κ1) is 22.5. The Bertz CT molecular complexity index is 1580. The van der Waals surface area contributed by atoms with E-state index in [9.17, 15) is 20.0 Å². The number of benzene rings is 3. The monoisotopic (exact) mass is 470 g/mol. The molecule has 0 saturated heterocycles. The normalized spacial score (nSPS) is 10.4. The average molecular weight is 471 g/mol. The van der Waals surface area contributed by atoms with Gasteiger partial charge in [0, 0.05) is 10.6 Å². The zero-order valence-electron chi connectivity index (χ0n) is 17.5. The Labute approximate surface area is 198 Å². The number of fused-ring (bicyclic) bond motifs is 1. The molecule has 0 aliphatic carbocycles. The van der Waals surface area contributed by atoms with E-state index in [4.69, 9.17) is 21.6 Å². The van der Waals surface area contributed by atoms with Crippen molar-refractivity contribution in [3.8, 4) is 29.0 Å². The highest BCUT2D eigenvalue weighted by Crippen LogP contribution is 2.33. The third-order valence-electron chi connectivity index (χ3n) is 5.13. The molecule has 3 aromatic carbocycles. The third-order valence-corrected chi connectivity index (χ3v) is 5.37. The molecule has 0 amide bonds. The van der Waals surface area contributed by atoms with Crippen LogP contribution >= 0.6 is 11.6 Å². The first-order valence-electron chi connectivity index (χ1n) is 10.0. The van der Waals surface area contributed by atoms with E-state index >= 15 is 0 Å². The average Bonchev–Trinajstić information content (AvgIpc) is 2.85. The minimum atomic E-state index is -1.05. The molecular formula is C25H15ClN4O4. The second kappa shape index (κ2) is 9.45. The number of nitriles is 2. The number of carboxylic acids is 1. The third kappa shape index (κ3) is 4.44. The first-order valence-corrected chi connectivity index (χ1v) is 10.4. The number of aromatic carboxylic acids is 1. The van der Waals surface area contributed by atoms with Gasteiger partial charge in [0.2, 0.25) is 0 Å². The number of carbonyl (C=O) groups is 1. The summed E-state index contributed by atoms with van der Waals surface area (Å²) in [6.45, 7) is 0.238. The van der Waals surface area contributed by atoms with E-state index in [1.165, 1.54) is 35.2 Å². The number of aromatic nitrogens is 2. The quantitative estimate of drug-likeness (QED) is 0.446. The fraction of sp³-hybridized carbons (Fsp3) is 0.0800. The molecule has 0 radical (unpaired) electrons. The Balaban J connectivity index is 1.61. The Hall–Kier alpha value is -4.66. The van der Waals surface area contributed by atoms with Crippen LogP contribution in [0.3, 0.4) is 0 Å². The molecule has 8 nitrogen and oxygen atoms in total. The van der Waals surface area contributed by atoms with Crippen molar-refractivity contribution in [3.05, 3.63) is 93.0 Å². The Morgan fingerprint density at radius 2 is 1.94 bits per heavy atom. The van der Waals surface area contributed by atoms with E-state index in [0.717, 1.165) is 0 Å². The van der Waals surface area contributed by atoms with Crippen LogP contribution in [0.15, 0.2) is 65.7 Å². The smallest absolute Gasteiger partial charge is 0.335 e. The van der Waals surface area contributed by atoms with Crippen molar-refractivity contribution in [1.82, 2.24) is 9.55 Å². The molecule has 0 spiro atoms. The van der Waals surface area contributed by atoms with Crippen LogP contribution in [0, 0.1) is 22.7 Å². The van der Waals surface area contributed by atoms with E-state index in [2.05, 4.69) is 4.98 Å². The second-order valence-corrected chi connectivity index (χ2v) is 7.70. The van der Waals surface area contributed by atoms with E-state index < -0.39 is 11.5 Å². The van der Waals surface area contributed by atoms with Gasteiger partial charge < -0.3 is 9.84 Å². The van der Waals surface area contributed by atoms with E-state index in [1.54, 1.807) is 30.3 Å². The largest absolute Gasteiger partial charge is 0.491 e. The summed E-state index contributed by atoms with van der Waals surface area (Å²) < 4.78 is 7.24. The number of hydrogen-bond acceptors (Lipinski definition) is 6. The van der Waals surface area contributed by atoms with Gasteiger partial charge in [-0.15, -0.1) is 0 Å². The highest BCUT2D eigenvalue weighted by molar-refractivity contribution is 6.31. The zero-order chi connectivity index (χ0) is 24.2. The SMILES string of the molecule is N#Cc1cc(C#N)c2c(=O)n(CCOc3ccc(Cl)cc3-c3cccc(C(=O)O)c3)cnc2c1. The molecule has 1 heterocycles. The number of ether oxygens (including phenoxy) is 1. The van der Waals surface area contributed by atoms with Gasteiger partial charge in [0.25, 0.3) is 5.56 Å². The highest BCUT2D eigenvalue weighted by atomic mass is 35.5. The van der Waals surface area contributed by atoms with Crippen molar-refractivity contribution in [1.29, 1.82) is 10.5 Å². The summed E-state index contributed by atoms with van der Waals surface area (Å²) in [4.78, 5) is 28.5. The second-order valence-electron chi connectivity index (χ2n) is 7.26. The van der Waals surface area contributed by atoms with Crippen molar-refractivity contribution in [3.63, 3.8) is 0 Å². The molecule has 0 saturated carbocycles. The molecule has 0 aliphatic rings. The molecule has 1 aromatic heterocycles. The van der Waals surface area contributed by atoms with Crippen LogP contribution in [0.2, 0.25) is 5.02 Å². The molecule has 9 heteroatoms. The van der Waals surface area contributed by atoms with Crippen LogP contribution in [0.25, 0.3) is 22.0 Å². The number of halogens is 1. The molecule has 0 fully saturated rings. The number of hydrogen-bond donors (Lipinski definition) is 1. The Morgan fingerprint density at radius 1 is 1.12 bits per heavy atom. The van der Waals surface area contributed by atoms with Crippen LogP contribution in [0.5, 0.6) is 5.75 Å². The molecule has 0 aliphatic heterocycles. The van der Waals surface area contributed by atoms with E-state index in [0.29, 0.717) is 21.9 Å². The van der Waals surface area contributed by atoms with Gasteiger partial charge in [0.15, 0.2) is 0 Å². The molecular weight excluding hydrogens is 456 g/mol. The lowest BCUT2D eigenvalue weighted by Gasteiger charge is -2.14. The number of rotatable bonds is 6. The van der Waals surface area contributed by atoms with Gasteiger partial charge in [-0.3, -0.25) is 9.36 Å². The minimum absolute atomic E-state index is 0.0834. The van der Waals surface area contributed by atoms with E-state index in [1.807, 2.05) is 12.1 Å². The standard InChI is InChI=1S/C25H15ClN4O4/c26-19-4-5-22(20(11-19)16-2-1-3-17(10-16)25(32)33)34-7-6-30-14-29-21-9-15(12-27)8-18(13-28)23(21)24(30)31/h1-5,8-11,14H,6-7H2,(H,32,33). The van der Waals surface area contributed by atoms with Crippen LogP contribution in [-0.2, 0) is 6.54 Å². The predicted octanol–water partition coefficient (Wildman–Crippen LogP) is 4.24. The Morgan fingerprint density at radius 3 is 2.68 bits per heavy atom. The maximum Gasteiger partial charge on any atom is 0.335 e. The summed E-state index contributed by atoms with van der Waals surface area (Å²) in [6.07, 6.45) is 1.34. The molecule has 1 N–H and O–H groups in total. The van der Waals surface area contributed by atoms with Crippen molar-refractivity contribution in [2.45, 2.75) is 6.54 Å². The van der Waals surface area contributed by atoms with Crippen LogP contribution in [0.1, 0.15) is 21.5 Å². The molecule has 34 heavy (non-hydrogen) atoms. The molecule has 0 atom stereocenters. The van der Waals surface area contributed by atoms with Crippen molar-refractivity contribution < 1.29 is 14.6 Å². The summed E-state index contributed by atoms with van der Waals surface area (Å²) in [5, 5.41) is 28.4. The number of carboxylic acid groups (broad SMARTS) is 1. The fourth-order valence-electron chi connectivity index (χ4n) is 3.52. The van der Waals surface area contributed by atoms with Crippen LogP contribution in [0.4, 0.5) is 0 Å². The number of nitrogens with zero attached hydrogens (tertiary/aromatic N) is 4. The predicted molar refractivity (Wildman–Crippen MR) is 125 cm³/mol. The minimum Gasteiger partial charge on any atom is -0.491 e. The topological polar surface area (TPSA) is 129 Å². The summed E-state index contributed by atoms with van der Waals surface area (Å²) in [7, 11) is 0. The zero-order valence-corrected chi connectivity index (χ0v) is 18.3. The van der Waals surface area contributed by atoms with Gasteiger partial charge in [-0.2, -0.15) is 10.5 Å². The fourth-order valence-corrected chi connectivity index (χ4v) is 3.69.